The number of imidazole rings is 1. The Morgan fingerprint density at radius 2 is 2.13 bits per heavy atom. The van der Waals surface area contributed by atoms with E-state index in [2.05, 4.69) is 9.97 Å². The molecule has 1 atom stereocenters. The highest BCUT2D eigenvalue weighted by Crippen LogP contribution is 2.13. The molecule has 0 fully saturated rings. The molecule has 1 unspecified atom stereocenters. The first-order valence-corrected chi connectivity index (χ1v) is 4.83. The predicted molar refractivity (Wildman–Crippen MR) is 56.7 cm³/mol. The molecule has 2 heterocycles. The standard InChI is InChI=1S/C11H13N3O/c1-8(15)11-4-3-10(7-13-11)14-6-5-12-9(14)2/h3-8,15H,1-2H3. The second-order valence-electron chi connectivity index (χ2n) is 3.46. The van der Waals surface area contributed by atoms with Crippen molar-refractivity contribution >= 4 is 0 Å². The van der Waals surface area contributed by atoms with Crippen LogP contribution in [0.2, 0.25) is 0 Å². The van der Waals surface area contributed by atoms with Crippen LogP contribution in [-0.2, 0) is 0 Å². The first-order valence-electron chi connectivity index (χ1n) is 4.83. The van der Waals surface area contributed by atoms with E-state index in [1.54, 1.807) is 19.3 Å². The lowest BCUT2D eigenvalue weighted by Crippen LogP contribution is -1.99. The van der Waals surface area contributed by atoms with Crippen molar-refractivity contribution in [2.45, 2.75) is 20.0 Å². The van der Waals surface area contributed by atoms with Gasteiger partial charge in [-0.3, -0.25) is 4.98 Å². The van der Waals surface area contributed by atoms with Crippen molar-refractivity contribution in [1.29, 1.82) is 0 Å². The van der Waals surface area contributed by atoms with Crippen LogP contribution in [0.5, 0.6) is 0 Å². The molecular formula is C11H13N3O. The number of aliphatic hydroxyl groups excluding tert-OH is 1. The number of rotatable bonds is 2. The Bertz CT molecular complexity index is 445. The lowest BCUT2D eigenvalue weighted by molar-refractivity contribution is 0.194. The fraction of sp³-hybridized carbons (Fsp3) is 0.273. The van der Waals surface area contributed by atoms with Crippen molar-refractivity contribution in [2.75, 3.05) is 0 Å². The second-order valence-corrected chi connectivity index (χ2v) is 3.46. The van der Waals surface area contributed by atoms with E-state index >= 15 is 0 Å². The minimum Gasteiger partial charge on any atom is -0.387 e. The molecule has 4 heteroatoms. The monoisotopic (exact) mass is 203 g/mol. The summed E-state index contributed by atoms with van der Waals surface area (Å²) in [5.74, 6) is 0.918. The van der Waals surface area contributed by atoms with Crippen LogP contribution in [0.25, 0.3) is 5.69 Å². The molecule has 0 spiro atoms. The molecule has 2 aromatic heterocycles. The summed E-state index contributed by atoms with van der Waals surface area (Å²) in [6, 6.07) is 3.74. The Morgan fingerprint density at radius 1 is 1.33 bits per heavy atom. The zero-order chi connectivity index (χ0) is 10.8. The minimum atomic E-state index is -0.525. The Labute approximate surface area is 88.2 Å². The molecule has 0 aliphatic carbocycles. The summed E-state index contributed by atoms with van der Waals surface area (Å²) in [4.78, 5) is 8.31. The summed E-state index contributed by atoms with van der Waals surface area (Å²) in [6.07, 6.45) is 4.84. The fourth-order valence-corrected chi connectivity index (χ4v) is 1.44. The Morgan fingerprint density at radius 3 is 2.60 bits per heavy atom. The number of aromatic nitrogens is 3. The smallest absolute Gasteiger partial charge is 0.110 e. The van der Waals surface area contributed by atoms with Crippen molar-refractivity contribution in [2.24, 2.45) is 0 Å². The molecule has 0 aliphatic rings. The van der Waals surface area contributed by atoms with E-state index in [4.69, 9.17) is 0 Å². The molecule has 0 saturated carbocycles. The summed E-state index contributed by atoms with van der Waals surface area (Å²) in [7, 11) is 0. The van der Waals surface area contributed by atoms with Gasteiger partial charge in [-0.05, 0) is 26.0 Å². The molecule has 78 valence electrons. The third-order valence-corrected chi connectivity index (χ3v) is 2.30. The topological polar surface area (TPSA) is 50.9 Å². The van der Waals surface area contributed by atoms with E-state index < -0.39 is 6.10 Å². The van der Waals surface area contributed by atoms with Gasteiger partial charge >= 0.3 is 0 Å². The molecule has 0 aromatic carbocycles. The number of aryl methyl sites for hydroxylation is 1. The maximum absolute atomic E-state index is 9.32. The summed E-state index contributed by atoms with van der Waals surface area (Å²) in [5, 5.41) is 9.32. The van der Waals surface area contributed by atoms with Crippen LogP contribution in [0.3, 0.4) is 0 Å². The Balaban J connectivity index is 2.36. The van der Waals surface area contributed by atoms with Crippen molar-refractivity contribution in [3.63, 3.8) is 0 Å². The number of nitrogens with zero attached hydrogens (tertiary/aromatic N) is 3. The quantitative estimate of drug-likeness (QED) is 0.807. The number of aliphatic hydroxyl groups is 1. The summed E-state index contributed by atoms with van der Waals surface area (Å²) >= 11 is 0. The SMILES string of the molecule is Cc1nccn1-c1ccc(C(C)O)nc1. The van der Waals surface area contributed by atoms with Gasteiger partial charge in [0.05, 0.1) is 23.7 Å². The van der Waals surface area contributed by atoms with E-state index in [1.807, 2.05) is 29.8 Å². The molecule has 2 rings (SSSR count). The highest BCUT2D eigenvalue weighted by atomic mass is 16.3. The molecule has 0 aliphatic heterocycles. The van der Waals surface area contributed by atoms with Gasteiger partial charge in [0.25, 0.3) is 0 Å². The molecule has 0 bridgehead atoms. The van der Waals surface area contributed by atoms with Crippen molar-refractivity contribution in [3.8, 4) is 5.69 Å². The van der Waals surface area contributed by atoms with E-state index in [0.717, 1.165) is 11.5 Å². The molecule has 1 N–H and O–H groups in total. The summed E-state index contributed by atoms with van der Waals surface area (Å²) < 4.78 is 1.94. The molecule has 0 radical (unpaired) electrons. The lowest BCUT2D eigenvalue weighted by Gasteiger charge is -2.07. The van der Waals surface area contributed by atoms with Gasteiger partial charge in [-0.15, -0.1) is 0 Å². The number of hydrogen-bond acceptors (Lipinski definition) is 3. The van der Waals surface area contributed by atoms with Crippen LogP contribution >= 0.6 is 0 Å². The average molecular weight is 203 g/mol. The minimum absolute atomic E-state index is 0.525. The molecule has 0 saturated heterocycles. The van der Waals surface area contributed by atoms with Crippen molar-refractivity contribution in [3.05, 3.63) is 42.2 Å². The van der Waals surface area contributed by atoms with Gasteiger partial charge in [-0.25, -0.2) is 4.98 Å². The van der Waals surface area contributed by atoms with Crippen molar-refractivity contribution in [1.82, 2.24) is 14.5 Å². The first-order chi connectivity index (χ1) is 7.18. The largest absolute Gasteiger partial charge is 0.387 e. The van der Waals surface area contributed by atoms with E-state index in [0.29, 0.717) is 5.69 Å². The molecule has 4 nitrogen and oxygen atoms in total. The van der Waals surface area contributed by atoms with Crippen LogP contribution in [0.4, 0.5) is 0 Å². The maximum Gasteiger partial charge on any atom is 0.110 e. The molecule has 2 aromatic rings. The Hall–Kier alpha value is -1.68. The maximum atomic E-state index is 9.32. The number of hydrogen-bond donors (Lipinski definition) is 1. The fourth-order valence-electron chi connectivity index (χ4n) is 1.44. The number of pyridine rings is 1. The van der Waals surface area contributed by atoms with E-state index in [-0.39, 0.29) is 0 Å². The zero-order valence-electron chi connectivity index (χ0n) is 8.75. The molecule has 0 amide bonds. The van der Waals surface area contributed by atoms with Gasteiger partial charge in [0.15, 0.2) is 0 Å². The van der Waals surface area contributed by atoms with Gasteiger partial charge in [0, 0.05) is 12.4 Å². The van der Waals surface area contributed by atoms with Crippen LogP contribution in [0.1, 0.15) is 24.5 Å². The normalized spacial score (nSPS) is 12.7. The van der Waals surface area contributed by atoms with Crippen LogP contribution in [0, 0.1) is 6.92 Å². The van der Waals surface area contributed by atoms with E-state index in [9.17, 15) is 5.11 Å². The molecular weight excluding hydrogens is 190 g/mol. The van der Waals surface area contributed by atoms with Crippen molar-refractivity contribution < 1.29 is 5.11 Å². The zero-order valence-corrected chi connectivity index (χ0v) is 8.75. The lowest BCUT2D eigenvalue weighted by atomic mass is 10.2. The average Bonchev–Trinajstić information content (AvgIpc) is 2.65. The first kappa shape index (κ1) is 9.86. The third-order valence-electron chi connectivity index (χ3n) is 2.30. The van der Waals surface area contributed by atoms with Crippen LogP contribution in [-0.4, -0.2) is 19.6 Å². The van der Waals surface area contributed by atoms with Gasteiger partial charge < -0.3 is 9.67 Å². The van der Waals surface area contributed by atoms with Gasteiger partial charge in [0.1, 0.15) is 5.82 Å². The summed E-state index contributed by atoms with van der Waals surface area (Å²) in [5.41, 5.74) is 1.63. The van der Waals surface area contributed by atoms with Gasteiger partial charge in [-0.1, -0.05) is 0 Å². The highest BCUT2D eigenvalue weighted by Gasteiger charge is 2.04. The van der Waals surface area contributed by atoms with E-state index in [1.165, 1.54) is 0 Å². The van der Waals surface area contributed by atoms with Crippen LogP contribution in [0.15, 0.2) is 30.7 Å². The molecule has 15 heavy (non-hydrogen) atoms. The summed E-state index contributed by atoms with van der Waals surface area (Å²) in [6.45, 7) is 3.63. The second kappa shape index (κ2) is 3.82. The van der Waals surface area contributed by atoms with Crippen LogP contribution < -0.4 is 0 Å². The van der Waals surface area contributed by atoms with Gasteiger partial charge in [-0.2, -0.15) is 0 Å². The predicted octanol–water partition coefficient (Wildman–Crippen LogP) is 1.63. The highest BCUT2D eigenvalue weighted by molar-refractivity contribution is 5.31. The van der Waals surface area contributed by atoms with Gasteiger partial charge in [0.2, 0.25) is 0 Å². The Kier molecular flexibility index (Phi) is 2.51. The third kappa shape index (κ3) is 1.89.